The van der Waals surface area contributed by atoms with Crippen LogP contribution in [0, 0.1) is 0 Å². The molecule has 0 bridgehead atoms. The van der Waals surface area contributed by atoms with Crippen LogP contribution in [0.25, 0.3) is 6.08 Å². The van der Waals surface area contributed by atoms with Gasteiger partial charge in [0.25, 0.3) is 5.91 Å². The van der Waals surface area contributed by atoms with Crippen LogP contribution >= 0.6 is 35.0 Å². The van der Waals surface area contributed by atoms with Gasteiger partial charge in [-0.3, -0.25) is 9.69 Å². The van der Waals surface area contributed by atoms with Gasteiger partial charge >= 0.3 is 0 Å². The summed E-state index contributed by atoms with van der Waals surface area (Å²) in [4.78, 5) is 20.3. The Morgan fingerprint density at radius 1 is 1.03 bits per heavy atom. The summed E-state index contributed by atoms with van der Waals surface area (Å²) < 4.78 is 5.79. The number of carbonyl (C=O) groups is 1. The lowest BCUT2D eigenvalue weighted by molar-refractivity contribution is -0.113. The number of thioether (sulfide) groups is 1. The zero-order chi connectivity index (χ0) is 22.2. The van der Waals surface area contributed by atoms with E-state index < -0.39 is 0 Å². The Labute approximate surface area is 200 Å². The normalized spacial score (nSPS) is 20.2. The van der Waals surface area contributed by atoms with E-state index in [1.807, 2.05) is 42.5 Å². The Bertz CT molecular complexity index is 1250. The highest BCUT2D eigenvalue weighted by Gasteiger charge is 2.35. The molecular formula is C25H18Cl2N2O2S. The Kier molecular flexibility index (Phi) is 5.72. The average Bonchev–Trinajstić information content (AvgIpc) is 3.29. The standard InChI is InChI=1S/C25H18Cl2N2O2S/c1-15-12-17-13-16(2-11-22(17)31-15)14-23-24(30)29(21-9-5-19(27)6-10-21)25(32-23)28-20-7-3-18(26)4-8-20/h2-11,13-15H,12H2,1H3/b23-14+,28-25?/t15-/m1/s1. The molecule has 32 heavy (non-hydrogen) atoms. The number of rotatable bonds is 3. The van der Waals surface area contributed by atoms with Crippen LogP contribution in [0.1, 0.15) is 18.1 Å². The number of ether oxygens (including phenoxy) is 1. The second-order valence-electron chi connectivity index (χ2n) is 7.60. The highest BCUT2D eigenvalue weighted by atomic mass is 35.5. The van der Waals surface area contributed by atoms with Gasteiger partial charge in [0, 0.05) is 16.5 Å². The number of aliphatic imine (C=N–C) groups is 1. The number of benzene rings is 3. The first kappa shape index (κ1) is 21.1. The minimum absolute atomic E-state index is 0.129. The van der Waals surface area contributed by atoms with Gasteiger partial charge in [-0.05, 0) is 96.6 Å². The smallest absolute Gasteiger partial charge is 0.271 e. The minimum atomic E-state index is -0.129. The molecule has 1 saturated heterocycles. The summed E-state index contributed by atoms with van der Waals surface area (Å²) in [5.41, 5.74) is 3.54. The maximum Gasteiger partial charge on any atom is 0.271 e. The van der Waals surface area contributed by atoms with Crippen molar-refractivity contribution >= 4 is 63.5 Å². The first-order chi connectivity index (χ1) is 15.5. The van der Waals surface area contributed by atoms with E-state index in [1.165, 1.54) is 11.8 Å². The van der Waals surface area contributed by atoms with Crippen LogP contribution < -0.4 is 9.64 Å². The fourth-order valence-electron chi connectivity index (χ4n) is 3.68. The molecule has 1 atom stereocenters. The zero-order valence-electron chi connectivity index (χ0n) is 17.1. The Morgan fingerprint density at radius 3 is 2.44 bits per heavy atom. The lowest BCUT2D eigenvalue weighted by Gasteiger charge is -2.15. The van der Waals surface area contributed by atoms with Crippen molar-refractivity contribution in [3.63, 3.8) is 0 Å². The number of anilines is 1. The van der Waals surface area contributed by atoms with Crippen molar-refractivity contribution in [1.82, 2.24) is 0 Å². The van der Waals surface area contributed by atoms with E-state index in [-0.39, 0.29) is 12.0 Å². The van der Waals surface area contributed by atoms with Crippen LogP contribution in [0.4, 0.5) is 11.4 Å². The fourth-order valence-corrected chi connectivity index (χ4v) is 4.93. The van der Waals surface area contributed by atoms with E-state index in [0.717, 1.165) is 23.3 Å². The molecule has 5 rings (SSSR count). The summed E-state index contributed by atoms with van der Waals surface area (Å²) in [6, 6.07) is 20.4. The van der Waals surface area contributed by atoms with Crippen LogP contribution in [0.2, 0.25) is 10.0 Å². The lowest BCUT2D eigenvalue weighted by atomic mass is 10.1. The van der Waals surface area contributed by atoms with E-state index in [1.54, 1.807) is 29.2 Å². The second-order valence-corrected chi connectivity index (χ2v) is 9.48. The molecule has 0 spiro atoms. The van der Waals surface area contributed by atoms with Crippen LogP contribution in [0.15, 0.2) is 76.6 Å². The van der Waals surface area contributed by atoms with Gasteiger partial charge in [0.15, 0.2) is 5.17 Å². The van der Waals surface area contributed by atoms with Crippen molar-refractivity contribution in [1.29, 1.82) is 0 Å². The monoisotopic (exact) mass is 480 g/mol. The highest BCUT2D eigenvalue weighted by molar-refractivity contribution is 8.19. The maximum absolute atomic E-state index is 13.4. The lowest BCUT2D eigenvalue weighted by Crippen LogP contribution is -2.28. The van der Waals surface area contributed by atoms with Crippen molar-refractivity contribution < 1.29 is 9.53 Å². The maximum atomic E-state index is 13.4. The third-order valence-corrected chi connectivity index (χ3v) is 6.63. The molecule has 4 nitrogen and oxygen atoms in total. The van der Waals surface area contributed by atoms with Gasteiger partial charge in [0.05, 0.1) is 16.3 Å². The average molecular weight is 481 g/mol. The third-order valence-electron chi connectivity index (χ3n) is 5.16. The van der Waals surface area contributed by atoms with Crippen LogP contribution in [-0.4, -0.2) is 17.2 Å². The number of amides is 1. The van der Waals surface area contributed by atoms with Crippen molar-refractivity contribution in [2.45, 2.75) is 19.4 Å². The summed E-state index contributed by atoms with van der Waals surface area (Å²) >= 11 is 13.4. The van der Waals surface area contributed by atoms with Gasteiger partial charge in [-0.15, -0.1) is 0 Å². The minimum Gasteiger partial charge on any atom is -0.490 e. The molecule has 3 aromatic carbocycles. The summed E-state index contributed by atoms with van der Waals surface area (Å²) in [5.74, 6) is 0.785. The van der Waals surface area contributed by atoms with Crippen molar-refractivity contribution in [3.05, 3.63) is 92.8 Å². The number of halogens is 2. The van der Waals surface area contributed by atoms with Gasteiger partial charge in [-0.25, -0.2) is 4.99 Å². The van der Waals surface area contributed by atoms with Crippen LogP contribution in [0.3, 0.4) is 0 Å². The van der Waals surface area contributed by atoms with Crippen LogP contribution in [-0.2, 0) is 11.2 Å². The molecule has 160 valence electrons. The van der Waals surface area contributed by atoms with Gasteiger partial charge < -0.3 is 4.74 Å². The molecule has 2 aliphatic heterocycles. The largest absolute Gasteiger partial charge is 0.490 e. The van der Waals surface area contributed by atoms with E-state index >= 15 is 0 Å². The van der Waals surface area contributed by atoms with Crippen molar-refractivity contribution in [2.24, 2.45) is 4.99 Å². The predicted octanol–water partition coefficient (Wildman–Crippen LogP) is 7.13. The number of nitrogens with zero attached hydrogens (tertiary/aromatic N) is 2. The summed E-state index contributed by atoms with van der Waals surface area (Å²) in [6.45, 7) is 2.05. The number of fused-ring (bicyclic) bond motifs is 1. The Balaban J connectivity index is 1.53. The van der Waals surface area contributed by atoms with Gasteiger partial charge in [0.2, 0.25) is 0 Å². The van der Waals surface area contributed by atoms with E-state index in [4.69, 9.17) is 32.9 Å². The Morgan fingerprint density at radius 2 is 1.72 bits per heavy atom. The molecule has 0 aromatic heterocycles. The molecule has 0 N–H and O–H groups in total. The molecule has 1 fully saturated rings. The first-order valence-electron chi connectivity index (χ1n) is 10.1. The van der Waals surface area contributed by atoms with E-state index in [0.29, 0.717) is 31.5 Å². The van der Waals surface area contributed by atoms with Gasteiger partial charge in [0.1, 0.15) is 11.9 Å². The van der Waals surface area contributed by atoms with E-state index in [9.17, 15) is 4.79 Å². The molecule has 0 radical (unpaired) electrons. The van der Waals surface area contributed by atoms with Gasteiger partial charge in [-0.1, -0.05) is 29.3 Å². The number of hydrogen-bond donors (Lipinski definition) is 0. The van der Waals surface area contributed by atoms with Gasteiger partial charge in [-0.2, -0.15) is 0 Å². The third kappa shape index (κ3) is 4.29. The zero-order valence-corrected chi connectivity index (χ0v) is 19.4. The van der Waals surface area contributed by atoms with Crippen molar-refractivity contribution in [3.8, 4) is 5.75 Å². The molecule has 0 aliphatic carbocycles. The molecule has 7 heteroatoms. The second kappa shape index (κ2) is 8.66. The molecule has 3 aromatic rings. The highest BCUT2D eigenvalue weighted by Crippen LogP contribution is 2.38. The van der Waals surface area contributed by atoms with Crippen molar-refractivity contribution in [2.75, 3.05) is 4.90 Å². The SMILES string of the molecule is C[C@@H]1Cc2cc(/C=C3/SC(=Nc4ccc(Cl)cc4)N(c4ccc(Cl)cc4)C3=O)ccc2O1. The fraction of sp³-hybridized carbons (Fsp3) is 0.120. The summed E-state index contributed by atoms with van der Waals surface area (Å²) in [7, 11) is 0. The molecule has 2 aliphatic rings. The number of hydrogen-bond acceptors (Lipinski definition) is 4. The molecule has 1 amide bonds. The number of carbonyl (C=O) groups excluding carboxylic acids is 1. The number of amidine groups is 1. The molecule has 0 unspecified atom stereocenters. The Hall–Kier alpha value is -2.73. The molecule has 0 saturated carbocycles. The van der Waals surface area contributed by atoms with Crippen LogP contribution in [0.5, 0.6) is 5.75 Å². The first-order valence-corrected chi connectivity index (χ1v) is 11.7. The quantitative estimate of drug-likeness (QED) is 0.374. The summed E-state index contributed by atoms with van der Waals surface area (Å²) in [6.07, 6.45) is 2.95. The molecular weight excluding hydrogens is 463 g/mol. The van der Waals surface area contributed by atoms with E-state index in [2.05, 4.69) is 13.0 Å². The summed E-state index contributed by atoms with van der Waals surface area (Å²) in [5, 5.41) is 1.81. The predicted molar refractivity (Wildman–Crippen MR) is 133 cm³/mol. The molecule has 2 heterocycles. The topological polar surface area (TPSA) is 41.9 Å².